The van der Waals surface area contributed by atoms with Gasteiger partial charge >= 0.3 is 0 Å². The van der Waals surface area contributed by atoms with Gasteiger partial charge in [0.2, 0.25) is 5.91 Å². The predicted octanol–water partition coefficient (Wildman–Crippen LogP) is -0.774. The molecule has 7 heteroatoms. The van der Waals surface area contributed by atoms with Crippen molar-refractivity contribution in [3.63, 3.8) is 0 Å². The molecule has 17 heavy (non-hydrogen) atoms. The van der Waals surface area contributed by atoms with E-state index < -0.39 is 0 Å². The summed E-state index contributed by atoms with van der Waals surface area (Å²) in [5.41, 5.74) is 2.53. The zero-order valence-corrected chi connectivity index (χ0v) is 9.29. The van der Waals surface area contributed by atoms with Gasteiger partial charge in [-0.2, -0.15) is 0 Å². The summed E-state index contributed by atoms with van der Waals surface area (Å²) >= 11 is 0. The van der Waals surface area contributed by atoms with Gasteiger partial charge in [-0.25, -0.2) is 10.5 Å². The number of rotatable bonds is 3. The van der Waals surface area contributed by atoms with Gasteiger partial charge in [-0.1, -0.05) is 0 Å². The Labute approximate surface area is 97.8 Å². The van der Waals surface area contributed by atoms with Crippen LogP contribution < -0.4 is 5.48 Å². The van der Waals surface area contributed by atoms with Gasteiger partial charge < -0.3 is 4.90 Å². The molecule has 1 saturated heterocycles. The summed E-state index contributed by atoms with van der Waals surface area (Å²) in [6.07, 6.45) is 4.37. The quantitative estimate of drug-likeness (QED) is 0.696. The number of likely N-dealkylation sites (tertiary alicyclic amines) is 1. The molecular weight excluding hydrogens is 224 g/mol. The van der Waals surface area contributed by atoms with Crippen LogP contribution in [0.15, 0.2) is 18.6 Å². The molecule has 0 radical (unpaired) electrons. The van der Waals surface area contributed by atoms with Crippen LogP contribution in [-0.4, -0.2) is 46.9 Å². The maximum Gasteiger partial charge on any atom is 0.274 e. The van der Waals surface area contributed by atoms with Crippen LogP contribution in [0.3, 0.4) is 0 Å². The summed E-state index contributed by atoms with van der Waals surface area (Å²) in [6, 6.07) is 0. The van der Waals surface area contributed by atoms with Crippen LogP contribution in [0.2, 0.25) is 0 Å². The first-order valence-corrected chi connectivity index (χ1v) is 5.10. The lowest BCUT2D eigenvalue weighted by Gasteiger charge is -2.37. The molecule has 2 amide bonds. The molecule has 1 aromatic heterocycles. The number of amides is 2. The van der Waals surface area contributed by atoms with E-state index in [1.165, 1.54) is 25.7 Å². The number of nitrogens with one attached hydrogen (secondary N) is 1. The van der Waals surface area contributed by atoms with E-state index in [4.69, 9.17) is 0 Å². The molecule has 0 saturated carbocycles. The van der Waals surface area contributed by atoms with E-state index in [1.807, 2.05) is 0 Å². The average Bonchev–Trinajstić information content (AvgIpc) is 2.28. The summed E-state index contributed by atoms with van der Waals surface area (Å²) < 4.78 is 0. The Bertz CT molecular complexity index is 417. The van der Waals surface area contributed by atoms with Crippen LogP contribution in [0.5, 0.6) is 0 Å². The van der Waals surface area contributed by atoms with E-state index >= 15 is 0 Å². The summed E-state index contributed by atoms with van der Waals surface area (Å²) in [5, 5.41) is 0. The van der Waals surface area contributed by atoms with E-state index in [1.54, 1.807) is 4.90 Å². The highest BCUT2D eigenvalue weighted by Crippen LogP contribution is 2.17. The van der Waals surface area contributed by atoms with Crippen molar-refractivity contribution in [1.29, 1.82) is 0 Å². The topological polar surface area (TPSA) is 84.4 Å². The van der Waals surface area contributed by atoms with Crippen molar-refractivity contribution in [2.75, 3.05) is 20.2 Å². The Hall–Kier alpha value is -2.02. The monoisotopic (exact) mass is 236 g/mol. The fourth-order valence-electron chi connectivity index (χ4n) is 1.57. The van der Waals surface area contributed by atoms with Gasteiger partial charge in [-0.15, -0.1) is 0 Å². The molecule has 1 aliphatic heterocycles. The third kappa shape index (κ3) is 2.39. The number of carbonyl (C=O) groups is 2. The highest BCUT2D eigenvalue weighted by Gasteiger charge is 2.36. The second-order valence-corrected chi connectivity index (χ2v) is 3.67. The Morgan fingerprint density at radius 1 is 1.47 bits per heavy atom. The largest absolute Gasteiger partial charge is 0.336 e. The van der Waals surface area contributed by atoms with Crippen LogP contribution in [0, 0.1) is 5.92 Å². The first-order chi connectivity index (χ1) is 8.22. The van der Waals surface area contributed by atoms with Gasteiger partial charge in [0.15, 0.2) is 0 Å². The fourth-order valence-corrected chi connectivity index (χ4v) is 1.57. The Balaban J connectivity index is 1.88. The van der Waals surface area contributed by atoms with Crippen molar-refractivity contribution in [2.24, 2.45) is 5.92 Å². The molecule has 1 aromatic rings. The predicted molar refractivity (Wildman–Crippen MR) is 56.6 cm³/mol. The highest BCUT2D eigenvalue weighted by atomic mass is 16.6. The number of carbonyl (C=O) groups excluding carboxylic acids is 2. The summed E-state index contributed by atoms with van der Waals surface area (Å²) in [6.45, 7) is 0.759. The number of aromatic nitrogens is 2. The second-order valence-electron chi connectivity index (χ2n) is 3.67. The van der Waals surface area contributed by atoms with E-state index in [9.17, 15) is 9.59 Å². The first-order valence-electron chi connectivity index (χ1n) is 5.10. The lowest BCUT2D eigenvalue weighted by Crippen LogP contribution is -2.55. The van der Waals surface area contributed by atoms with Gasteiger partial charge in [0.1, 0.15) is 5.69 Å². The fraction of sp³-hybridized carbons (Fsp3) is 0.400. The standard InChI is InChI=1S/C10H12N4O3/c1-17-13-9(15)7-5-14(6-7)10(16)8-4-11-2-3-12-8/h2-4,7H,5-6H2,1H3,(H,13,15). The molecule has 7 nitrogen and oxygen atoms in total. The summed E-state index contributed by atoms with van der Waals surface area (Å²) in [7, 11) is 1.37. The van der Waals surface area contributed by atoms with Crippen molar-refractivity contribution in [3.8, 4) is 0 Å². The maximum atomic E-state index is 11.8. The lowest BCUT2D eigenvalue weighted by molar-refractivity contribution is -0.139. The smallest absolute Gasteiger partial charge is 0.274 e. The minimum absolute atomic E-state index is 0.209. The third-order valence-electron chi connectivity index (χ3n) is 2.52. The highest BCUT2D eigenvalue weighted by molar-refractivity contribution is 5.94. The molecule has 2 rings (SSSR count). The molecule has 90 valence electrons. The second kappa shape index (κ2) is 4.88. The van der Waals surface area contributed by atoms with Crippen molar-refractivity contribution in [3.05, 3.63) is 24.3 Å². The van der Waals surface area contributed by atoms with Crippen LogP contribution in [0.25, 0.3) is 0 Å². The van der Waals surface area contributed by atoms with Gasteiger partial charge in [0, 0.05) is 25.5 Å². The van der Waals surface area contributed by atoms with E-state index in [0.29, 0.717) is 13.1 Å². The van der Waals surface area contributed by atoms with E-state index in [-0.39, 0.29) is 23.4 Å². The van der Waals surface area contributed by atoms with Crippen molar-refractivity contribution >= 4 is 11.8 Å². The summed E-state index contributed by atoms with van der Waals surface area (Å²) in [4.78, 5) is 36.9. The molecule has 1 fully saturated rings. The molecule has 0 bridgehead atoms. The molecular formula is C10H12N4O3. The molecule has 2 heterocycles. The lowest BCUT2D eigenvalue weighted by atomic mass is 9.99. The van der Waals surface area contributed by atoms with Crippen molar-refractivity contribution < 1.29 is 14.4 Å². The summed E-state index contributed by atoms with van der Waals surface area (Å²) in [5.74, 6) is -0.633. The molecule has 1 N–H and O–H groups in total. The van der Waals surface area contributed by atoms with Crippen LogP contribution in [0.4, 0.5) is 0 Å². The van der Waals surface area contributed by atoms with Crippen LogP contribution >= 0.6 is 0 Å². The molecule has 0 aliphatic carbocycles. The van der Waals surface area contributed by atoms with Crippen molar-refractivity contribution in [1.82, 2.24) is 20.3 Å². The van der Waals surface area contributed by atoms with Crippen LogP contribution in [0.1, 0.15) is 10.5 Å². The van der Waals surface area contributed by atoms with Crippen LogP contribution in [-0.2, 0) is 9.63 Å². The van der Waals surface area contributed by atoms with E-state index in [0.717, 1.165) is 0 Å². The molecule has 0 aromatic carbocycles. The molecule has 0 spiro atoms. The zero-order valence-electron chi connectivity index (χ0n) is 9.29. The van der Waals surface area contributed by atoms with Gasteiger partial charge in [-0.05, 0) is 0 Å². The number of hydroxylamine groups is 1. The van der Waals surface area contributed by atoms with Gasteiger partial charge in [0.25, 0.3) is 5.91 Å². The molecule has 0 atom stereocenters. The van der Waals surface area contributed by atoms with Gasteiger partial charge in [0.05, 0.1) is 19.2 Å². The maximum absolute atomic E-state index is 11.8. The number of nitrogens with zero attached hydrogens (tertiary/aromatic N) is 3. The third-order valence-corrected chi connectivity index (χ3v) is 2.52. The van der Waals surface area contributed by atoms with Crippen molar-refractivity contribution in [2.45, 2.75) is 0 Å². The normalized spacial score (nSPS) is 15.2. The molecule has 0 unspecified atom stereocenters. The Morgan fingerprint density at radius 2 is 2.24 bits per heavy atom. The number of hydrogen-bond acceptors (Lipinski definition) is 5. The van der Waals surface area contributed by atoms with Gasteiger partial charge in [-0.3, -0.25) is 19.4 Å². The SMILES string of the molecule is CONC(=O)C1CN(C(=O)c2cnccn2)C1. The molecule has 1 aliphatic rings. The Morgan fingerprint density at radius 3 is 2.82 bits per heavy atom. The minimum atomic E-state index is -0.212. The Kier molecular flexibility index (Phi) is 3.29. The minimum Gasteiger partial charge on any atom is -0.336 e. The average molecular weight is 236 g/mol. The number of hydrogen-bond donors (Lipinski definition) is 1. The van der Waals surface area contributed by atoms with E-state index in [2.05, 4.69) is 20.3 Å². The zero-order chi connectivity index (χ0) is 12.3. The first kappa shape index (κ1) is 11.5.